The number of urea groups is 1. The van der Waals surface area contributed by atoms with Gasteiger partial charge in [-0.15, -0.1) is 0 Å². The van der Waals surface area contributed by atoms with Crippen molar-refractivity contribution in [3.05, 3.63) is 65.9 Å². The monoisotopic (exact) mass is 461 g/mol. The lowest BCUT2D eigenvalue weighted by molar-refractivity contribution is -0.148. The summed E-state index contributed by atoms with van der Waals surface area (Å²) in [7, 11) is 1.27. The van der Waals surface area contributed by atoms with Crippen LogP contribution in [0.3, 0.4) is 0 Å². The van der Waals surface area contributed by atoms with E-state index in [0.29, 0.717) is 11.1 Å². The summed E-state index contributed by atoms with van der Waals surface area (Å²) >= 11 is 0. The first-order valence-electron chi connectivity index (χ1n) is 10.6. The van der Waals surface area contributed by atoms with Crippen LogP contribution in [0.2, 0.25) is 0 Å². The van der Waals surface area contributed by atoms with E-state index in [4.69, 9.17) is 9.47 Å². The van der Waals surface area contributed by atoms with E-state index < -0.39 is 36.0 Å². The topological polar surface area (TPSA) is 115 Å². The molecule has 3 aromatic rings. The molecule has 9 nitrogen and oxygen atoms in total. The van der Waals surface area contributed by atoms with E-state index in [-0.39, 0.29) is 17.9 Å². The maximum atomic E-state index is 12.8. The van der Waals surface area contributed by atoms with Crippen molar-refractivity contribution >= 4 is 34.8 Å². The van der Waals surface area contributed by atoms with Gasteiger partial charge in [0.05, 0.1) is 23.9 Å². The Kier molecular flexibility index (Phi) is 6.02. The highest BCUT2D eigenvalue weighted by Gasteiger charge is 2.45. The Hall–Kier alpha value is -4.27. The SMILES string of the molecule is COC(=O)c1c(COC(=O)CN2C(=O)NC(C)(C)C2=O)nc2ccccc2c1-c1ccccc1. The molecule has 34 heavy (non-hydrogen) atoms. The van der Waals surface area contributed by atoms with Gasteiger partial charge in [0, 0.05) is 10.9 Å². The van der Waals surface area contributed by atoms with Gasteiger partial charge >= 0.3 is 18.0 Å². The highest BCUT2D eigenvalue weighted by molar-refractivity contribution is 6.09. The zero-order chi connectivity index (χ0) is 24.5. The summed E-state index contributed by atoms with van der Waals surface area (Å²) in [6.07, 6.45) is 0. The molecule has 174 valence electrons. The van der Waals surface area contributed by atoms with Crippen molar-refractivity contribution in [1.29, 1.82) is 0 Å². The molecule has 1 saturated heterocycles. The van der Waals surface area contributed by atoms with Gasteiger partial charge in [-0.05, 0) is 25.5 Å². The molecule has 0 unspecified atom stereocenters. The predicted molar refractivity (Wildman–Crippen MR) is 123 cm³/mol. The van der Waals surface area contributed by atoms with Crippen LogP contribution in [0, 0.1) is 0 Å². The molecule has 3 amide bonds. The van der Waals surface area contributed by atoms with Gasteiger partial charge in [0.25, 0.3) is 5.91 Å². The van der Waals surface area contributed by atoms with Gasteiger partial charge in [-0.25, -0.2) is 14.6 Å². The van der Waals surface area contributed by atoms with Crippen LogP contribution >= 0.6 is 0 Å². The Bertz CT molecular complexity index is 1300. The minimum Gasteiger partial charge on any atom is -0.465 e. The average molecular weight is 461 g/mol. The first-order chi connectivity index (χ1) is 16.2. The molecular formula is C25H23N3O6. The number of esters is 2. The number of fused-ring (bicyclic) bond motifs is 1. The van der Waals surface area contributed by atoms with E-state index >= 15 is 0 Å². The van der Waals surface area contributed by atoms with E-state index in [1.54, 1.807) is 19.9 Å². The summed E-state index contributed by atoms with van der Waals surface area (Å²) in [5, 5.41) is 3.25. The first kappa shape index (κ1) is 22.9. The van der Waals surface area contributed by atoms with E-state index in [1.165, 1.54) is 7.11 Å². The van der Waals surface area contributed by atoms with Crippen LogP contribution in [0.25, 0.3) is 22.0 Å². The number of carbonyl (C=O) groups excluding carboxylic acids is 4. The molecule has 9 heteroatoms. The summed E-state index contributed by atoms with van der Waals surface area (Å²) in [5.74, 6) is -1.97. The van der Waals surface area contributed by atoms with Crippen molar-refractivity contribution in [2.75, 3.05) is 13.7 Å². The van der Waals surface area contributed by atoms with Gasteiger partial charge in [-0.3, -0.25) is 14.5 Å². The summed E-state index contributed by atoms with van der Waals surface area (Å²) < 4.78 is 10.4. The smallest absolute Gasteiger partial charge is 0.340 e. The van der Waals surface area contributed by atoms with Crippen LogP contribution in [0.5, 0.6) is 0 Å². The number of nitrogens with one attached hydrogen (secondary N) is 1. The molecule has 1 aliphatic heterocycles. The quantitative estimate of drug-likeness (QED) is 0.443. The van der Waals surface area contributed by atoms with Crippen LogP contribution in [0.1, 0.15) is 29.9 Å². The van der Waals surface area contributed by atoms with Crippen LogP contribution in [-0.2, 0) is 25.7 Å². The molecule has 0 bridgehead atoms. The largest absolute Gasteiger partial charge is 0.465 e. The van der Waals surface area contributed by atoms with Crippen LogP contribution < -0.4 is 5.32 Å². The van der Waals surface area contributed by atoms with E-state index in [0.717, 1.165) is 15.8 Å². The molecule has 2 aromatic carbocycles. The van der Waals surface area contributed by atoms with E-state index in [9.17, 15) is 19.2 Å². The fourth-order valence-electron chi connectivity index (χ4n) is 3.88. The van der Waals surface area contributed by atoms with Crippen LogP contribution in [0.15, 0.2) is 54.6 Å². The van der Waals surface area contributed by atoms with Gasteiger partial charge in [-0.2, -0.15) is 0 Å². The number of nitrogens with zero attached hydrogens (tertiary/aromatic N) is 2. The zero-order valence-electron chi connectivity index (χ0n) is 19.0. The summed E-state index contributed by atoms with van der Waals surface area (Å²) in [6.45, 7) is 2.19. The molecule has 1 N–H and O–H groups in total. The standard InChI is InChI=1S/C25H23N3O6/c1-25(2)23(31)28(24(32)27-25)13-19(29)34-14-18-21(22(30)33-3)20(15-9-5-4-6-10-15)16-11-7-8-12-17(16)26-18/h4-12H,13-14H2,1-3H3,(H,27,32). The fraction of sp³-hybridized carbons (Fsp3) is 0.240. The van der Waals surface area contributed by atoms with Gasteiger partial charge in [0.15, 0.2) is 0 Å². The Labute approximate surface area is 195 Å². The second kappa shape index (κ2) is 8.93. The Morgan fingerprint density at radius 1 is 1.03 bits per heavy atom. The summed E-state index contributed by atoms with van der Waals surface area (Å²) in [4.78, 5) is 55.1. The third-order valence-corrected chi connectivity index (χ3v) is 5.52. The van der Waals surface area contributed by atoms with Crippen molar-refractivity contribution in [1.82, 2.24) is 15.2 Å². The number of ether oxygens (including phenoxy) is 2. The van der Waals surface area contributed by atoms with Gasteiger partial charge in [-0.1, -0.05) is 48.5 Å². The third kappa shape index (κ3) is 4.19. The number of methoxy groups -OCH3 is 1. The van der Waals surface area contributed by atoms with Crippen molar-refractivity contribution < 1.29 is 28.7 Å². The van der Waals surface area contributed by atoms with Crippen LogP contribution in [0.4, 0.5) is 4.79 Å². The molecule has 0 aliphatic carbocycles. The number of hydrogen-bond acceptors (Lipinski definition) is 7. The maximum absolute atomic E-state index is 12.8. The molecular weight excluding hydrogens is 438 g/mol. The molecule has 4 rings (SSSR count). The first-order valence-corrected chi connectivity index (χ1v) is 10.6. The lowest BCUT2D eigenvalue weighted by atomic mass is 9.94. The molecule has 0 spiro atoms. The lowest BCUT2D eigenvalue weighted by Gasteiger charge is -2.17. The van der Waals surface area contributed by atoms with Crippen molar-refractivity contribution in [3.63, 3.8) is 0 Å². The van der Waals surface area contributed by atoms with Gasteiger partial charge < -0.3 is 14.8 Å². The lowest BCUT2D eigenvalue weighted by Crippen LogP contribution is -2.41. The Morgan fingerprint density at radius 2 is 1.71 bits per heavy atom. The number of para-hydroxylation sites is 1. The second-order valence-corrected chi connectivity index (χ2v) is 8.29. The number of benzene rings is 2. The minimum atomic E-state index is -1.10. The second-order valence-electron chi connectivity index (χ2n) is 8.29. The maximum Gasteiger partial charge on any atom is 0.340 e. The number of hydrogen-bond donors (Lipinski definition) is 1. The number of aromatic nitrogens is 1. The van der Waals surface area contributed by atoms with Gasteiger partial charge in [0.1, 0.15) is 18.7 Å². The number of rotatable bonds is 6. The van der Waals surface area contributed by atoms with E-state index in [1.807, 2.05) is 48.5 Å². The van der Waals surface area contributed by atoms with Crippen molar-refractivity contribution in [2.24, 2.45) is 0 Å². The Balaban J connectivity index is 1.69. The number of pyridine rings is 1. The third-order valence-electron chi connectivity index (χ3n) is 5.52. The normalized spacial score (nSPS) is 14.7. The minimum absolute atomic E-state index is 0.177. The highest BCUT2D eigenvalue weighted by Crippen LogP contribution is 2.34. The fourth-order valence-corrected chi connectivity index (χ4v) is 3.88. The number of carbonyl (C=O) groups is 4. The predicted octanol–water partition coefficient (Wildman–Crippen LogP) is 3.06. The molecule has 1 aromatic heterocycles. The van der Waals surface area contributed by atoms with Crippen molar-refractivity contribution in [2.45, 2.75) is 26.0 Å². The average Bonchev–Trinajstić information content (AvgIpc) is 3.03. The Morgan fingerprint density at radius 3 is 2.35 bits per heavy atom. The summed E-state index contributed by atoms with van der Waals surface area (Å²) in [5.41, 5.74) is 1.28. The molecule has 0 atom stereocenters. The van der Waals surface area contributed by atoms with Crippen LogP contribution in [-0.4, -0.2) is 53.0 Å². The highest BCUT2D eigenvalue weighted by atomic mass is 16.5. The van der Waals surface area contributed by atoms with Crippen molar-refractivity contribution in [3.8, 4) is 11.1 Å². The van der Waals surface area contributed by atoms with Gasteiger partial charge in [0.2, 0.25) is 0 Å². The number of imide groups is 1. The molecule has 0 saturated carbocycles. The molecule has 2 heterocycles. The molecule has 1 aliphatic rings. The number of amides is 3. The zero-order valence-corrected chi connectivity index (χ0v) is 19.0. The molecule has 0 radical (unpaired) electrons. The van der Waals surface area contributed by atoms with E-state index in [2.05, 4.69) is 10.3 Å². The molecule has 1 fully saturated rings. The summed E-state index contributed by atoms with van der Waals surface area (Å²) in [6, 6.07) is 15.9.